The number of phenolic OH excluding ortho intramolecular Hbond substituents is 1. The van der Waals surface area contributed by atoms with E-state index < -0.39 is 29.6 Å². The second-order valence-corrected chi connectivity index (χ2v) is 12.2. The maximum absolute atomic E-state index is 13.2. The van der Waals surface area contributed by atoms with Gasteiger partial charge >= 0.3 is 5.97 Å². The molecule has 192 valence electrons. The Labute approximate surface area is 205 Å². The number of carboxylic acid groups (broad SMARTS) is 1. The fourth-order valence-electron chi connectivity index (χ4n) is 8.12. The van der Waals surface area contributed by atoms with Crippen LogP contribution in [0.25, 0.3) is 0 Å². The smallest absolute Gasteiger partial charge is 0.329 e. The van der Waals surface area contributed by atoms with Crippen LogP contribution in [0.1, 0.15) is 81.8 Å². The fourth-order valence-corrected chi connectivity index (χ4v) is 8.12. The van der Waals surface area contributed by atoms with Gasteiger partial charge < -0.3 is 30.1 Å². The van der Waals surface area contributed by atoms with Crippen molar-refractivity contribution in [2.24, 2.45) is 22.7 Å². The Hall–Kier alpha value is -2.32. The molecule has 2 aliphatic heterocycles. The zero-order chi connectivity index (χ0) is 25.7. The van der Waals surface area contributed by atoms with Crippen molar-refractivity contribution in [3.8, 4) is 11.5 Å². The lowest BCUT2D eigenvalue weighted by atomic mass is 9.43. The highest BCUT2D eigenvalue weighted by Gasteiger charge is 2.67. The Morgan fingerprint density at radius 2 is 1.89 bits per heavy atom. The molecular formula is C27H37NO7. The highest BCUT2D eigenvalue weighted by Crippen LogP contribution is 2.67. The summed E-state index contributed by atoms with van der Waals surface area (Å²) in [6.45, 7) is 10.1. The zero-order valence-electron chi connectivity index (χ0n) is 21.2. The predicted molar refractivity (Wildman–Crippen MR) is 127 cm³/mol. The Kier molecular flexibility index (Phi) is 5.29. The standard InChI is InChI=1S/C27H37NO7/c1-13-6-7-19-25(3,4)20(31)8-9-26(19,5)27(13)11-16-18(30)10-15-17(22(16)35-27)12-28(23(15)32)21(14(2)29)24(33)34/h10,13-14,19-21,29-31H,6-9,11-12H2,1-5H3,(H,33,34)/t13-,14?,19+,20-,21?,26+,27-/m1/s1. The number of aliphatic hydroxyl groups excluding tert-OH is 2. The van der Waals surface area contributed by atoms with Crippen molar-refractivity contribution in [3.05, 3.63) is 22.8 Å². The summed E-state index contributed by atoms with van der Waals surface area (Å²) in [4.78, 5) is 26.2. The minimum Gasteiger partial charge on any atom is -0.508 e. The van der Waals surface area contributed by atoms with Crippen molar-refractivity contribution >= 4 is 11.9 Å². The van der Waals surface area contributed by atoms with E-state index >= 15 is 0 Å². The Balaban J connectivity index is 1.59. The Morgan fingerprint density at radius 3 is 2.51 bits per heavy atom. The van der Waals surface area contributed by atoms with Gasteiger partial charge in [-0.15, -0.1) is 0 Å². The number of hydrogen-bond acceptors (Lipinski definition) is 6. The van der Waals surface area contributed by atoms with Gasteiger partial charge in [0.1, 0.15) is 17.1 Å². The van der Waals surface area contributed by atoms with Crippen molar-refractivity contribution in [2.45, 2.75) is 97.1 Å². The first-order chi connectivity index (χ1) is 16.3. The van der Waals surface area contributed by atoms with E-state index in [-0.39, 0.29) is 46.6 Å². The van der Waals surface area contributed by atoms with E-state index in [2.05, 4.69) is 27.7 Å². The van der Waals surface area contributed by atoms with Crippen LogP contribution >= 0.6 is 0 Å². The molecule has 1 amide bonds. The van der Waals surface area contributed by atoms with Crippen LogP contribution in [0.2, 0.25) is 0 Å². The van der Waals surface area contributed by atoms with Crippen LogP contribution in [0.5, 0.6) is 11.5 Å². The van der Waals surface area contributed by atoms with Crippen molar-refractivity contribution in [3.63, 3.8) is 0 Å². The summed E-state index contributed by atoms with van der Waals surface area (Å²) >= 11 is 0. The van der Waals surface area contributed by atoms with Crippen molar-refractivity contribution in [2.75, 3.05) is 0 Å². The summed E-state index contributed by atoms with van der Waals surface area (Å²) in [6.07, 6.45) is 2.28. The molecule has 8 nitrogen and oxygen atoms in total. The topological polar surface area (TPSA) is 128 Å². The van der Waals surface area contributed by atoms with E-state index in [0.717, 1.165) is 24.2 Å². The number of aliphatic hydroxyl groups is 2. The number of amides is 1. The number of phenols is 1. The lowest BCUT2D eigenvalue weighted by Crippen LogP contribution is -2.66. The average molecular weight is 488 g/mol. The molecule has 4 N–H and O–H groups in total. The summed E-state index contributed by atoms with van der Waals surface area (Å²) in [5.74, 6) is -0.915. The van der Waals surface area contributed by atoms with E-state index in [9.17, 15) is 30.0 Å². The molecule has 7 atom stereocenters. The molecule has 0 aromatic heterocycles. The van der Waals surface area contributed by atoms with Gasteiger partial charge in [-0.25, -0.2) is 4.79 Å². The molecule has 0 bridgehead atoms. The number of carboxylic acids is 1. The van der Waals surface area contributed by atoms with Crippen LogP contribution in [0.4, 0.5) is 0 Å². The number of aliphatic carboxylic acids is 1. The van der Waals surface area contributed by atoms with Gasteiger partial charge in [-0.1, -0.05) is 27.7 Å². The van der Waals surface area contributed by atoms with Gasteiger partial charge in [-0.3, -0.25) is 4.79 Å². The van der Waals surface area contributed by atoms with Crippen molar-refractivity contribution in [1.29, 1.82) is 0 Å². The first kappa shape index (κ1) is 24.4. The van der Waals surface area contributed by atoms with Crippen LogP contribution < -0.4 is 4.74 Å². The number of rotatable bonds is 3. The normalized spacial score (nSPS) is 36.8. The average Bonchev–Trinajstić information content (AvgIpc) is 3.31. The molecule has 2 aliphatic carbocycles. The molecule has 0 radical (unpaired) electrons. The minimum absolute atomic E-state index is 0.00740. The monoisotopic (exact) mass is 487 g/mol. The number of carbonyl (C=O) groups is 2. The number of nitrogens with zero attached hydrogens (tertiary/aromatic N) is 1. The first-order valence-corrected chi connectivity index (χ1v) is 12.7. The fraction of sp³-hybridized carbons (Fsp3) is 0.704. The molecule has 1 spiro atoms. The third-order valence-corrected chi connectivity index (χ3v) is 10.2. The second-order valence-electron chi connectivity index (χ2n) is 12.2. The van der Waals surface area contributed by atoms with E-state index in [4.69, 9.17) is 4.74 Å². The minimum atomic E-state index is -1.39. The second kappa shape index (κ2) is 7.59. The SMILES string of the molecule is CC(O)C(C(=O)O)N1Cc2c(cc(O)c3c2O[C@]2(C3)[C@H](C)CC[C@H]3C(C)(C)[C@H](O)CC[C@@]32C)C1=O. The first-order valence-electron chi connectivity index (χ1n) is 12.7. The number of carbonyl (C=O) groups excluding carboxylic acids is 1. The quantitative estimate of drug-likeness (QED) is 0.516. The zero-order valence-corrected chi connectivity index (χ0v) is 21.2. The number of aromatic hydroxyl groups is 1. The summed E-state index contributed by atoms with van der Waals surface area (Å²) in [7, 11) is 0. The van der Waals surface area contributed by atoms with Crippen LogP contribution in [-0.2, 0) is 17.8 Å². The van der Waals surface area contributed by atoms with Crippen LogP contribution in [0.3, 0.4) is 0 Å². The van der Waals surface area contributed by atoms with Gasteiger partial charge in [0, 0.05) is 23.0 Å². The van der Waals surface area contributed by atoms with Gasteiger partial charge in [0.15, 0.2) is 6.04 Å². The van der Waals surface area contributed by atoms with Gasteiger partial charge in [0.2, 0.25) is 0 Å². The highest BCUT2D eigenvalue weighted by atomic mass is 16.5. The van der Waals surface area contributed by atoms with Crippen LogP contribution in [0, 0.1) is 22.7 Å². The number of ether oxygens (including phenoxy) is 1. The molecule has 5 rings (SSSR count). The molecule has 1 aromatic carbocycles. The Bertz CT molecular complexity index is 1100. The maximum atomic E-state index is 13.2. The number of benzene rings is 1. The molecular weight excluding hydrogens is 450 g/mol. The predicted octanol–water partition coefficient (Wildman–Crippen LogP) is 3.09. The highest BCUT2D eigenvalue weighted by molar-refractivity contribution is 6.02. The third kappa shape index (κ3) is 3.05. The summed E-state index contributed by atoms with van der Waals surface area (Å²) < 4.78 is 6.94. The lowest BCUT2D eigenvalue weighted by Gasteiger charge is -2.64. The molecule has 2 fully saturated rings. The molecule has 2 heterocycles. The molecule has 1 aromatic rings. The van der Waals surface area contributed by atoms with Crippen LogP contribution in [-0.4, -0.2) is 61.1 Å². The molecule has 2 unspecified atom stereocenters. The van der Waals surface area contributed by atoms with Crippen LogP contribution in [0.15, 0.2) is 6.07 Å². The Morgan fingerprint density at radius 1 is 1.20 bits per heavy atom. The molecule has 4 aliphatic rings. The maximum Gasteiger partial charge on any atom is 0.329 e. The van der Waals surface area contributed by atoms with Gasteiger partial charge in [-0.05, 0) is 55.9 Å². The molecule has 2 saturated carbocycles. The molecule has 35 heavy (non-hydrogen) atoms. The summed E-state index contributed by atoms with van der Waals surface area (Å²) in [5, 5.41) is 41.6. The van der Waals surface area contributed by atoms with E-state index in [1.54, 1.807) is 0 Å². The number of fused-ring (bicyclic) bond motifs is 5. The van der Waals surface area contributed by atoms with E-state index in [0.29, 0.717) is 29.7 Å². The van der Waals surface area contributed by atoms with Crippen molar-refractivity contribution in [1.82, 2.24) is 4.90 Å². The van der Waals surface area contributed by atoms with Gasteiger partial charge in [-0.2, -0.15) is 0 Å². The van der Waals surface area contributed by atoms with E-state index in [1.807, 2.05) is 0 Å². The lowest BCUT2D eigenvalue weighted by molar-refractivity contribution is -0.210. The largest absolute Gasteiger partial charge is 0.508 e. The third-order valence-electron chi connectivity index (χ3n) is 10.2. The number of hydrogen-bond donors (Lipinski definition) is 4. The molecule has 0 saturated heterocycles. The van der Waals surface area contributed by atoms with Crippen molar-refractivity contribution < 1.29 is 34.8 Å². The summed E-state index contributed by atoms with van der Waals surface area (Å²) in [6, 6.07) is 0.0426. The van der Waals surface area contributed by atoms with Gasteiger partial charge in [0.05, 0.1) is 24.3 Å². The summed E-state index contributed by atoms with van der Waals surface area (Å²) in [5.41, 5.74) is 0.349. The van der Waals surface area contributed by atoms with E-state index in [1.165, 1.54) is 13.0 Å². The van der Waals surface area contributed by atoms with Gasteiger partial charge in [0.25, 0.3) is 5.91 Å². The molecule has 8 heteroatoms.